The first-order chi connectivity index (χ1) is 8.49. The molecule has 0 spiro atoms. The first-order valence-electron chi connectivity index (χ1n) is 5.24. The van der Waals surface area contributed by atoms with Crippen LogP contribution in [0.2, 0.25) is 0 Å². The minimum atomic E-state index is -3.69. The van der Waals surface area contributed by atoms with E-state index in [1.54, 1.807) is 19.1 Å². The summed E-state index contributed by atoms with van der Waals surface area (Å²) in [5.41, 5.74) is 0.289. The van der Waals surface area contributed by atoms with Gasteiger partial charge < -0.3 is 4.98 Å². The van der Waals surface area contributed by atoms with Gasteiger partial charge in [0.25, 0.3) is 10.0 Å². The number of hydrogen-bond acceptors (Lipinski definition) is 3. The molecule has 2 rings (SSSR count). The van der Waals surface area contributed by atoms with E-state index in [4.69, 9.17) is 0 Å². The molecule has 7 heteroatoms. The molecule has 2 aromatic rings. The lowest BCUT2D eigenvalue weighted by Crippen LogP contribution is -2.24. The molecular weight excluding hydrogens is 257 g/mol. The van der Waals surface area contributed by atoms with Gasteiger partial charge in [-0.1, -0.05) is 18.2 Å². The zero-order valence-electron chi connectivity index (χ0n) is 9.64. The topological polar surface area (TPSA) is 74.8 Å². The van der Waals surface area contributed by atoms with Crippen molar-refractivity contribution in [3.05, 3.63) is 47.7 Å². The van der Waals surface area contributed by atoms with Gasteiger partial charge in [-0.15, -0.1) is 0 Å². The Morgan fingerprint density at radius 1 is 1.39 bits per heavy atom. The molecular formula is C11H12FN3O2S. The highest BCUT2D eigenvalue weighted by Gasteiger charge is 2.16. The lowest BCUT2D eigenvalue weighted by molar-refractivity contribution is 0.571. The minimum Gasteiger partial charge on any atom is -0.332 e. The number of nitrogens with one attached hydrogen (secondary N) is 2. The maximum atomic E-state index is 13.3. The highest BCUT2D eigenvalue weighted by Crippen LogP contribution is 2.09. The Hall–Kier alpha value is -1.73. The molecule has 0 unspecified atom stereocenters. The third kappa shape index (κ3) is 2.74. The van der Waals surface area contributed by atoms with Crippen molar-refractivity contribution >= 4 is 10.0 Å². The maximum Gasteiger partial charge on any atom is 0.257 e. The van der Waals surface area contributed by atoms with Gasteiger partial charge in [-0.05, 0) is 13.0 Å². The molecule has 0 bridgehead atoms. The number of rotatable bonds is 4. The Morgan fingerprint density at radius 3 is 2.72 bits per heavy atom. The number of aromatic nitrogens is 2. The monoisotopic (exact) mass is 269 g/mol. The molecule has 0 aliphatic heterocycles. The van der Waals surface area contributed by atoms with E-state index in [1.165, 1.54) is 18.3 Å². The molecule has 96 valence electrons. The first kappa shape index (κ1) is 12.7. The molecule has 1 aromatic heterocycles. The van der Waals surface area contributed by atoms with Crippen molar-refractivity contribution in [2.24, 2.45) is 0 Å². The quantitative estimate of drug-likeness (QED) is 0.879. The summed E-state index contributed by atoms with van der Waals surface area (Å²) in [6, 6.07) is 6.00. The molecule has 1 heterocycles. The van der Waals surface area contributed by atoms with Gasteiger partial charge in [0.1, 0.15) is 11.6 Å². The van der Waals surface area contributed by atoms with Crippen LogP contribution >= 0.6 is 0 Å². The Kier molecular flexibility index (Phi) is 3.44. The van der Waals surface area contributed by atoms with Gasteiger partial charge in [0.05, 0.1) is 6.20 Å². The molecule has 1 aromatic carbocycles. The molecule has 0 saturated carbocycles. The fourth-order valence-corrected chi connectivity index (χ4v) is 2.40. The van der Waals surface area contributed by atoms with Crippen LogP contribution in [0.1, 0.15) is 11.4 Å². The Labute approximate surface area is 104 Å². The summed E-state index contributed by atoms with van der Waals surface area (Å²) in [5, 5.41) is -0.0312. The lowest BCUT2D eigenvalue weighted by Gasteiger charge is -2.05. The third-order valence-corrected chi connectivity index (χ3v) is 3.69. The standard InChI is InChI=1S/C11H12FN3O2S/c1-8-13-7-11(15-8)18(16,17)14-6-9-4-2-3-5-10(9)12/h2-5,7,14H,6H2,1H3,(H,13,15). The largest absolute Gasteiger partial charge is 0.332 e. The van der Waals surface area contributed by atoms with Crippen LogP contribution < -0.4 is 4.72 Å². The molecule has 2 N–H and O–H groups in total. The molecule has 0 radical (unpaired) electrons. The van der Waals surface area contributed by atoms with Crippen LogP contribution in [0.4, 0.5) is 4.39 Å². The fraction of sp³-hybridized carbons (Fsp3) is 0.182. The fourth-order valence-electron chi connectivity index (χ4n) is 1.43. The van der Waals surface area contributed by atoms with Gasteiger partial charge in [0, 0.05) is 12.1 Å². The second-order valence-corrected chi connectivity index (χ2v) is 5.48. The van der Waals surface area contributed by atoms with Gasteiger partial charge in [-0.25, -0.2) is 22.5 Å². The zero-order chi connectivity index (χ0) is 13.2. The van der Waals surface area contributed by atoms with E-state index in [-0.39, 0.29) is 17.1 Å². The SMILES string of the molecule is Cc1ncc(S(=O)(=O)NCc2ccccc2F)[nH]1. The van der Waals surface area contributed by atoms with Gasteiger partial charge in [0.15, 0.2) is 5.03 Å². The molecule has 0 aliphatic rings. The van der Waals surface area contributed by atoms with Crippen LogP contribution in [0.5, 0.6) is 0 Å². The van der Waals surface area contributed by atoms with Crippen molar-refractivity contribution in [2.45, 2.75) is 18.5 Å². The number of nitrogens with zero attached hydrogens (tertiary/aromatic N) is 1. The van der Waals surface area contributed by atoms with E-state index in [9.17, 15) is 12.8 Å². The predicted octanol–water partition coefficient (Wildman–Crippen LogP) is 1.34. The number of halogens is 1. The van der Waals surface area contributed by atoms with Crippen LogP contribution in [0.3, 0.4) is 0 Å². The number of benzene rings is 1. The molecule has 5 nitrogen and oxygen atoms in total. The third-order valence-electron chi connectivity index (χ3n) is 2.38. The lowest BCUT2D eigenvalue weighted by atomic mass is 10.2. The molecule has 0 atom stereocenters. The smallest absolute Gasteiger partial charge is 0.257 e. The molecule has 0 fully saturated rings. The number of sulfonamides is 1. The van der Waals surface area contributed by atoms with Crippen molar-refractivity contribution in [1.29, 1.82) is 0 Å². The van der Waals surface area contributed by atoms with Gasteiger partial charge >= 0.3 is 0 Å². The van der Waals surface area contributed by atoms with E-state index in [2.05, 4.69) is 14.7 Å². The van der Waals surface area contributed by atoms with Crippen molar-refractivity contribution in [3.8, 4) is 0 Å². The first-order valence-corrected chi connectivity index (χ1v) is 6.72. The molecule has 18 heavy (non-hydrogen) atoms. The van der Waals surface area contributed by atoms with E-state index >= 15 is 0 Å². The normalized spacial score (nSPS) is 11.7. The van der Waals surface area contributed by atoms with Crippen LogP contribution in [0.25, 0.3) is 0 Å². The zero-order valence-corrected chi connectivity index (χ0v) is 10.5. The second-order valence-electron chi connectivity index (χ2n) is 3.75. The number of imidazole rings is 1. The van der Waals surface area contributed by atoms with Gasteiger partial charge in [0.2, 0.25) is 0 Å². The number of aromatic amines is 1. The number of hydrogen-bond donors (Lipinski definition) is 2. The summed E-state index contributed by atoms with van der Waals surface area (Å²) < 4.78 is 39.3. The Bertz CT molecular complexity index is 652. The Balaban J connectivity index is 2.13. The average Bonchev–Trinajstić information content (AvgIpc) is 2.76. The van der Waals surface area contributed by atoms with Crippen molar-refractivity contribution in [3.63, 3.8) is 0 Å². The van der Waals surface area contributed by atoms with Crippen molar-refractivity contribution < 1.29 is 12.8 Å². The highest BCUT2D eigenvalue weighted by atomic mass is 32.2. The summed E-state index contributed by atoms with van der Waals surface area (Å²) in [5.74, 6) is 0.0576. The minimum absolute atomic E-state index is 0.0312. The molecule has 0 saturated heterocycles. The Morgan fingerprint density at radius 2 is 2.11 bits per heavy atom. The predicted molar refractivity (Wildman–Crippen MR) is 63.8 cm³/mol. The van der Waals surface area contributed by atoms with Crippen LogP contribution in [0, 0.1) is 12.7 Å². The summed E-state index contributed by atoms with van der Waals surface area (Å²) in [7, 11) is -3.69. The van der Waals surface area contributed by atoms with E-state index < -0.39 is 15.8 Å². The maximum absolute atomic E-state index is 13.3. The second kappa shape index (κ2) is 4.87. The van der Waals surface area contributed by atoms with Crippen LogP contribution in [-0.2, 0) is 16.6 Å². The summed E-state index contributed by atoms with van der Waals surface area (Å²) in [6.45, 7) is 1.54. The van der Waals surface area contributed by atoms with Gasteiger partial charge in [-0.3, -0.25) is 0 Å². The summed E-state index contributed by atoms with van der Waals surface area (Å²) >= 11 is 0. The van der Waals surface area contributed by atoms with Crippen molar-refractivity contribution in [2.75, 3.05) is 0 Å². The van der Waals surface area contributed by atoms with Crippen LogP contribution in [-0.4, -0.2) is 18.4 Å². The van der Waals surface area contributed by atoms with Gasteiger partial charge in [-0.2, -0.15) is 0 Å². The molecule has 0 amide bonds. The van der Waals surface area contributed by atoms with Crippen LogP contribution in [0.15, 0.2) is 35.5 Å². The van der Waals surface area contributed by atoms with E-state index in [0.29, 0.717) is 5.82 Å². The average molecular weight is 269 g/mol. The van der Waals surface area contributed by atoms with E-state index in [1.807, 2.05) is 0 Å². The summed E-state index contributed by atoms with van der Waals surface area (Å²) in [4.78, 5) is 6.42. The number of H-pyrrole nitrogens is 1. The van der Waals surface area contributed by atoms with Crippen molar-refractivity contribution in [1.82, 2.24) is 14.7 Å². The number of aryl methyl sites for hydroxylation is 1. The summed E-state index contributed by atoms with van der Waals surface area (Å²) in [6.07, 6.45) is 1.22. The highest BCUT2D eigenvalue weighted by molar-refractivity contribution is 7.89. The molecule has 0 aliphatic carbocycles. The van der Waals surface area contributed by atoms with E-state index in [0.717, 1.165) is 0 Å².